The van der Waals surface area contributed by atoms with Crippen LogP contribution in [0.1, 0.15) is 37.3 Å². The van der Waals surface area contributed by atoms with Crippen molar-refractivity contribution in [1.82, 2.24) is 0 Å². The van der Waals surface area contributed by atoms with Crippen molar-refractivity contribution in [3.8, 4) is 11.5 Å². The Balaban J connectivity index is 2.26. The van der Waals surface area contributed by atoms with Gasteiger partial charge in [0.15, 0.2) is 0 Å². The van der Waals surface area contributed by atoms with Crippen molar-refractivity contribution < 1.29 is 10.2 Å². The van der Waals surface area contributed by atoms with Gasteiger partial charge in [0.25, 0.3) is 0 Å². The maximum Gasteiger partial charge on any atom is 0.115 e. The van der Waals surface area contributed by atoms with Crippen molar-refractivity contribution >= 4 is 6.08 Å². The van der Waals surface area contributed by atoms with Gasteiger partial charge >= 0.3 is 0 Å². The summed E-state index contributed by atoms with van der Waals surface area (Å²) in [4.78, 5) is 0. The van der Waals surface area contributed by atoms with Crippen LogP contribution >= 0.6 is 0 Å². The summed E-state index contributed by atoms with van der Waals surface area (Å²) in [5.74, 6) is 0.915. The second-order valence-corrected chi connectivity index (χ2v) is 5.03. The van der Waals surface area contributed by atoms with E-state index in [1.807, 2.05) is 24.3 Å². The first-order valence-electron chi connectivity index (χ1n) is 6.86. The van der Waals surface area contributed by atoms with E-state index in [0.717, 1.165) is 12.0 Å². The van der Waals surface area contributed by atoms with Crippen LogP contribution in [-0.2, 0) is 0 Å². The van der Waals surface area contributed by atoms with Gasteiger partial charge in [-0.05, 0) is 48.7 Å². The zero-order chi connectivity index (χ0) is 14.5. The van der Waals surface area contributed by atoms with Crippen LogP contribution in [-0.4, -0.2) is 10.2 Å². The smallest absolute Gasteiger partial charge is 0.115 e. The first-order valence-corrected chi connectivity index (χ1v) is 6.86. The molecule has 0 aliphatic rings. The number of phenolic OH excluding ortho intramolecular Hbond substituents is 2. The number of aromatic hydroxyl groups is 2. The maximum absolute atomic E-state index is 9.37. The van der Waals surface area contributed by atoms with Gasteiger partial charge in [0.1, 0.15) is 11.5 Å². The normalized spacial score (nSPS) is 13.2. The summed E-state index contributed by atoms with van der Waals surface area (Å²) in [7, 11) is 0. The van der Waals surface area contributed by atoms with E-state index in [1.165, 1.54) is 11.1 Å². The van der Waals surface area contributed by atoms with Crippen LogP contribution in [0.3, 0.4) is 0 Å². The van der Waals surface area contributed by atoms with Crippen LogP contribution < -0.4 is 0 Å². The Kier molecular flexibility index (Phi) is 4.46. The van der Waals surface area contributed by atoms with E-state index in [1.54, 1.807) is 24.3 Å². The van der Waals surface area contributed by atoms with Crippen molar-refractivity contribution in [2.24, 2.45) is 0 Å². The fourth-order valence-corrected chi connectivity index (χ4v) is 2.46. The summed E-state index contributed by atoms with van der Waals surface area (Å²) in [5, 5.41) is 18.7. The molecule has 0 aliphatic heterocycles. The Morgan fingerprint density at radius 3 is 1.95 bits per heavy atom. The number of benzene rings is 2. The molecular weight excluding hydrogens is 248 g/mol. The molecule has 0 bridgehead atoms. The van der Waals surface area contributed by atoms with Crippen molar-refractivity contribution in [1.29, 1.82) is 0 Å². The molecule has 2 nitrogen and oxygen atoms in total. The molecular formula is C18H20O2. The van der Waals surface area contributed by atoms with Crippen molar-refractivity contribution in [3.05, 3.63) is 65.2 Å². The average molecular weight is 268 g/mol. The third-order valence-electron chi connectivity index (χ3n) is 3.54. The zero-order valence-corrected chi connectivity index (χ0v) is 11.9. The van der Waals surface area contributed by atoms with Gasteiger partial charge < -0.3 is 10.2 Å². The molecule has 0 spiro atoms. The Morgan fingerprint density at radius 1 is 0.950 bits per heavy atom. The molecule has 0 saturated carbocycles. The van der Waals surface area contributed by atoms with Gasteiger partial charge in [0.2, 0.25) is 0 Å². The molecule has 0 saturated heterocycles. The Bertz CT molecular complexity index is 580. The van der Waals surface area contributed by atoms with E-state index in [0.29, 0.717) is 11.7 Å². The topological polar surface area (TPSA) is 40.5 Å². The quantitative estimate of drug-likeness (QED) is 0.844. The van der Waals surface area contributed by atoms with Crippen molar-refractivity contribution in [2.75, 3.05) is 0 Å². The Hall–Kier alpha value is -2.22. The number of hydrogen-bond acceptors (Lipinski definition) is 2. The predicted molar refractivity (Wildman–Crippen MR) is 82.9 cm³/mol. The first-order chi connectivity index (χ1) is 9.60. The highest BCUT2D eigenvalue weighted by Gasteiger charge is 2.11. The number of hydrogen-bond donors (Lipinski definition) is 2. The largest absolute Gasteiger partial charge is 0.508 e. The zero-order valence-electron chi connectivity index (χ0n) is 11.9. The lowest BCUT2D eigenvalue weighted by Gasteiger charge is -2.16. The minimum Gasteiger partial charge on any atom is -0.508 e. The number of phenols is 2. The second kappa shape index (κ2) is 6.29. The molecule has 20 heavy (non-hydrogen) atoms. The lowest BCUT2D eigenvalue weighted by atomic mass is 9.88. The SMILES string of the molecule is CCC(C(C)=Cc1ccc(O)cc1)c1ccc(O)cc1. The second-order valence-electron chi connectivity index (χ2n) is 5.03. The van der Waals surface area contributed by atoms with Gasteiger partial charge in [0.05, 0.1) is 0 Å². The highest BCUT2D eigenvalue weighted by atomic mass is 16.3. The standard InChI is InChI=1S/C18H20O2/c1-3-18(15-6-10-17(20)11-7-15)13(2)12-14-4-8-16(19)9-5-14/h4-12,18-20H,3H2,1-2H3. The van der Waals surface area contributed by atoms with E-state index < -0.39 is 0 Å². The van der Waals surface area contributed by atoms with E-state index in [-0.39, 0.29) is 5.75 Å². The van der Waals surface area contributed by atoms with Gasteiger partial charge in [-0.2, -0.15) is 0 Å². The molecule has 104 valence electrons. The van der Waals surface area contributed by atoms with Gasteiger partial charge in [-0.25, -0.2) is 0 Å². The molecule has 0 amide bonds. The summed E-state index contributed by atoms with van der Waals surface area (Å²) in [6.07, 6.45) is 3.14. The van der Waals surface area contributed by atoms with Gasteiger partial charge in [-0.15, -0.1) is 0 Å². The summed E-state index contributed by atoms with van der Waals surface area (Å²) in [6, 6.07) is 14.6. The molecule has 1 unspecified atom stereocenters. The van der Waals surface area contributed by atoms with Gasteiger partial charge in [-0.3, -0.25) is 0 Å². The van der Waals surface area contributed by atoms with E-state index in [4.69, 9.17) is 0 Å². The van der Waals surface area contributed by atoms with E-state index in [2.05, 4.69) is 19.9 Å². The minimum absolute atomic E-state index is 0.283. The van der Waals surface area contributed by atoms with Crippen LogP contribution in [0.4, 0.5) is 0 Å². The van der Waals surface area contributed by atoms with Crippen LogP contribution in [0.15, 0.2) is 54.1 Å². The van der Waals surface area contributed by atoms with Crippen LogP contribution in [0.25, 0.3) is 6.08 Å². The van der Waals surface area contributed by atoms with Crippen molar-refractivity contribution in [2.45, 2.75) is 26.2 Å². The van der Waals surface area contributed by atoms with Crippen molar-refractivity contribution in [3.63, 3.8) is 0 Å². The number of rotatable bonds is 4. The summed E-state index contributed by atoms with van der Waals surface area (Å²) in [6.45, 7) is 4.28. The molecule has 2 rings (SSSR count). The minimum atomic E-state index is 0.283. The Morgan fingerprint density at radius 2 is 1.45 bits per heavy atom. The fraction of sp³-hybridized carbons (Fsp3) is 0.222. The number of allylic oxidation sites excluding steroid dienone is 1. The highest BCUT2D eigenvalue weighted by Crippen LogP contribution is 2.30. The first kappa shape index (κ1) is 14.2. The van der Waals surface area contributed by atoms with Crippen LogP contribution in [0, 0.1) is 0 Å². The van der Waals surface area contributed by atoms with E-state index in [9.17, 15) is 10.2 Å². The summed E-state index contributed by atoms with van der Waals surface area (Å²) >= 11 is 0. The van der Waals surface area contributed by atoms with Crippen LogP contribution in [0.5, 0.6) is 11.5 Å². The lowest BCUT2D eigenvalue weighted by molar-refractivity contribution is 0.474. The molecule has 0 fully saturated rings. The van der Waals surface area contributed by atoms with E-state index >= 15 is 0 Å². The third-order valence-corrected chi connectivity index (χ3v) is 3.54. The van der Waals surface area contributed by atoms with Gasteiger partial charge in [-0.1, -0.05) is 42.8 Å². The third kappa shape index (κ3) is 3.41. The molecule has 2 heteroatoms. The molecule has 0 radical (unpaired) electrons. The maximum atomic E-state index is 9.37. The molecule has 2 aromatic carbocycles. The highest BCUT2D eigenvalue weighted by molar-refractivity contribution is 5.55. The fourth-order valence-electron chi connectivity index (χ4n) is 2.46. The summed E-state index contributed by atoms with van der Waals surface area (Å²) in [5.41, 5.74) is 3.55. The molecule has 0 aliphatic carbocycles. The monoisotopic (exact) mass is 268 g/mol. The summed E-state index contributed by atoms with van der Waals surface area (Å²) < 4.78 is 0. The van der Waals surface area contributed by atoms with Crippen LogP contribution in [0.2, 0.25) is 0 Å². The molecule has 2 aromatic rings. The average Bonchev–Trinajstić information content (AvgIpc) is 2.44. The van der Waals surface area contributed by atoms with Gasteiger partial charge in [0, 0.05) is 5.92 Å². The lowest BCUT2D eigenvalue weighted by Crippen LogP contribution is -1.98. The molecule has 1 atom stereocenters. The molecule has 0 aromatic heterocycles. The molecule has 2 N–H and O–H groups in total. The Labute approximate surface area is 120 Å². The predicted octanol–water partition coefficient (Wildman–Crippen LogP) is 4.69. The molecule has 0 heterocycles.